The molecule has 2 unspecified atom stereocenters. The van der Waals surface area contributed by atoms with Crippen molar-refractivity contribution in [2.75, 3.05) is 0 Å². The number of halogens is 4. The minimum absolute atomic E-state index is 0.107. The average Bonchev–Trinajstić information content (AvgIpc) is 3.11. The van der Waals surface area contributed by atoms with E-state index < -0.39 is 17.6 Å². The highest BCUT2D eigenvalue weighted by Crippen LogP contribution is 2.47. The van der Waals surface area contributed by atoms with Crippen LogP contribution >= 0.6 is 0 Å². The SMILES string of the molecule is CC1CC1c1ccc(CCC(=O)NCc2ccc(F)cc2C(F)(F)F)o1. The summed E-state index contributed by atoms with van der Waals surface area (Å²) in [5.41, 5.74) is -1.25. The molecule has 1 amide bonds. The number of benzene rings is 1. The van der Waals surface area contributed by atoms with Gasteiger partial charge in [0.25, 0.3) is 0 Å². The van der Waals surface area contributed by atoms with Crippen LogP contribution in [0.1, 0.15) is 48.3 Å². The second-order valence-electron chi connectivity index (χ2n) is 6.70. The lowest BCUT2D eigenvalue weighted by Gasteiger charge is -2.13. The number of nitrogens with one attached hydrogen (secondary N) is 1. The second kappa shape index (κ2) is 7.13. The number of carbonyl (C=O) groups is 1. The molecule has 2 aromatic rings. The molecule has 1 aliphatic rings. The van der Waals surface area contributed by atoms with E-state index in [1.807, 2.05) is 12.1 Å². The lowest BCUT2D eigenvalue weighted by molar-refractivity contribution is -0.138. The van der Waals surface area contributed by atoms with Gasteiger partial charge in [-0.1, -0.05) is 13.0 Å². The van der Waals surface area contributed by atoms with Gasteiger partial charge in [-0.25, -0.2) is 4.39 Å². The summed E-state index contributed by atoms with van der Waals surface area (Å²) >= 11 is 0. The smallest absolute Gasteiger partial charge is 0.416 e. The highest BCUT2D eigenvalue weighted by Gasteiger charge is 2.36. The summed E-state index contributed by atoms with van der Waals surface area (Å²) in [6.45, 7) is 1.84. The number of carbonyl (C=O) groups excluding carboxylic acids is 1. The third-order valence-electron chi connectivity index (χ3n) is 4.61. The second-order valence-corrected chi connectivity index (χ2v) is 6.70. The quantitative estimate of drug-likeness (QED) is 0.743. The Morgan fingerprint density at radius 2 is 2.00 bits per heavy atom. The molecule has 0 radical (unpaired) electrons. The van der Waals surface area contributed by atoms with Gasteiger partial charge >= 0.3 is 6.18 Å². The normalized spacial score (nSPS) is 19.4. The highest BCUT2D eigenvalue weighted by molar-refractivity contribution is 5.76. The molecule has 0 aliphatic heterocycles. The first-order valence-corrected chi connectivity index (χ1v) is 8.45. The van der Waals surface area contributed by atoms with Gasteiger partial charge in [-0.15, -0.1) is 0 Å². The molecule has 1 fully saturated rings. The summed E-state index contributed by atoms with van der Waals surface area (Å²) in [5, 5.41) is 2.45. The predicted octanol–water partition coefficient (Wildman–Crippen LogP) is 4.81. The van der Waals surface area contributed by atoms with Crippen LogP contribution in [0, 0.1) is 11.7 Å². The van der Waals surface area contributed by atoms with Crippen LogP contribution in [0.3, 0.4) is 0 Å². The fourth-order valence-electron chi connectivity index (χ4n) is 2.93. The van der Waals surface area contributed by atoms with E-state index in [1.54, 1.807) is 0 Å². The fraction of sp³-hybridized carbons (Fsp3) is 0.421. The van der Waals surface area contributed by atoms with Crippen molar-refractivity contribution in [3.8, 4) is 0 Å². The maximum Gasteiger partial charge on any atom is 0.416 e. The van der Waals surface area contributed by atoms with Gasteiger partial charge in [-0.05, 0) is 42.2 Å². The Kier molecular flexibility index (Phi) is 5.07. The van der Waals surface area contributed by atoms with Crippen LogP contribution in [0.25, 0.3) is 0 Å². The molecule has 140 valence electrons. The molecule has 7 heteroatoms. The van der Waals surface area contributed by atoms with Crippen molar-refractivity contribution in [1.29, 1.82) is 0 Å². The van der Waals surface area contributed by atoms with Crippen molar-refractivity contribution in [2.45, 2.75) is 44.8 Å². The molecule has 1 heterocycles. The Morgan fingerprint density at radius 3 is 2.65 bits per heavy atom. The van der Waals surface area contributed by atoms with Crippen molar-refractivity contribution in [3.63, 3.8) is 0 Å². The third-order valence-corrected chi connectivity index (χ3v) is 4.61. The maximum absolute atomic E-state index is 13.1. The average molecular weight is 369 g/mol. The molecule has 2 atom stereocenters. The van der Waals surface area contributed by atoms with Crippen LogP contribution in [0.5, 0.6) is 0 Å². The highest BCUT2D eigenvalue weighted by atomic mass is 19.4. The summed E-state index contributed by atoms with van der Waals surface area (Å²) in [4.78, 5) is 11.9. The van der Waals surface area contributed by atoms with Crippen molar-refractivity contribution >= 4 is 5.91 Å². The van der Waals surface area contributed by atoms with Gasteiger partial charge in [0, 0.05) is 25.3 Å². The van der Waals surface area contributed by atoms with Crippen LogP contribution in [-0.4, -0.2) is 5.91 Å². The number of furan rings is 1. The van der Waals surface area contributed by atoms with Crippen LogP contribution in [0.15, 0.2) is 34.7 Å². The Morgan fingerprint density at radius 1 is 1.27 bits per heavy atom. The first-order chi connectivity index (χ1) is 12.2. The zero-order valence-electron chi connectivity index (χ0n) is 14.2. The Balaban J connectivity index is 1.52. The Hall–Kier alpha value is -2.31. The molecule has 1 N–H and O–H groups in total. The molecule has 0 bridgehead atoms. The largest absolute Gasteiger partial charge is 0.466 e. The van der Waals surface area contributed by atoms with Crippen molar-refractivity contribution < 1.29 is 26.8 Å². The molecule has 1 aromatic carbocycles. The van der Waals surface area contributed by atoms with Crippen LogP contribution < -0.4 is 5.32 Å². The van der Waals surface area contributed by atoms with Crippen LogP contribution in [0.2, 0.25) is 0 Å². The van der Waals surface area contributed by atoms with Gasteiger partial charge in [0.1, 0.15) is 17.3 Å². The molecule has 0 saturated heterocycles. The number of rotatable bonds is 6. The van der Waals surface area contributed by atoms with Gasteiger partial charge in [0.15, 0.2) is 0 Å². The number of aryl methyl sites for hydroxylation is 1. The standard InChI is InChI=1S/C19H19F4NO2/c1-11-8-15(11)17-6-4-14(26-17)5-7-18(25)24-10-12-2-3-13(20)9-16(12)19(21,22)23/h2-4,6,9,11,15H,5,7-8,10H2,1H3,(H,24,25). The van der Waals surface area contributed by atoms with Crippen molar-refractivity contribution in [1.82, 2.24) is 5.32 Å². The van der Waals surface area contributed by atoms with E-state index in [2.05, 4.69) is 12.2 Å². The van der Waals surface area contributed by atoms with Crippen molar-refractivity contribution in [2.24, 2.45) is 5.92 Å². The van der Waals surface area contributed by atoms with E-state index in [9.17, 15) is 22.4 Å². The summed E-state index contributed by atoms with van der Waals surface area (Å²) in [6.07, 6.45) is -3.09. The Labute approximate surface area is 148 Å². The van der Waals surface area contributed by atoms with Crippen LogP contribution in [0.4, 0.5) is 17.6 Å². The number of amides is 1. The summed E-state index contributed by atoms with van der Waals surface area (Å²) in [5.74, 6) is 1.33. The molecular formula is C19H19F4NO2. The number of alkyl halides is 3. The zero-order valence-corrected chi connectivity index (χ0v) is 14.2. The maximum atomic E-state index is 13.1. The monoisotopic (exact) mass is 369 g/mol. The van der Waals surface area contributed by atoms with Crippen LogP contribution in [-0.2, 0) is 23.9 Å². The van der Waals surface area contributed by atoms with E-state index in [1.165, 1.54) is 0 Å². The first kappa shape index (κ1) is 18.5. The van der Waals surface area contributed by atoms with E-state index >= 15 is 0 Å². The summed E-state index contributed by atoms with van der Waals surface area (Å²) in [6, 6.07) is 6.16. The van der Waals surface area contributed by atoms with Gasteiger partial charge in [0.2, 0.25) is 5.91 Å². The van der Waals surface area contributed by atoms with Gasteiger partial charge in [-0.2, -0.15) is 13.2 Å². The molecule has 3 nitrogen and oxygen atoms in total. The van der Waals surface area contributed by atoms with Crippen molar-refractivity contribution in [3.05, 3.63) is 58.8 Å². The summed E-state index contributed by atoms with van der Waals surface area (Å²) in [7, 11) is 0. The topological polar surface area (TPSA) is 42.2 Å². The van der Waals surface area contributed by atoms with E-state index in [4.69, 9.17) is 4.42 Å². The number of hydrogen-bond acceptors (Lipinski definition) is 2. The molecule has 1 aromatic heterocycles. The predicted molar refractivity (Wildman–Crippen MR) is 86.8 cm³/mol. The first-order valence-electron chi connectivity index (χ1n) is 8.45. The molecular weight excluding hydrogens is 350 g/mol. The lowest BCUT2D eigenvalue weighted by Crippen LogP contribution is -2.24. The Bertz CT molecular complexity index is 797. The van der Waals surface area contributed by atoms with Gasteiger partial charge < -0.3 is 9.73 Å². The number of hydrogen-bond donors (Lipinski definition) is 1. The molecule has 3 rings (SSSR count). The third kappa shape index (κ3) is 4.45. The minimum atomic E-state index is -4.67. The van der Waals surface area contributed by atoms with E-state index in [0.29, 0.717) is 30.1 Å². The summed E-state index contributed by atoms with van der Waals surface area (Å²) < 4.78 is 57.6. The molecule has 1 aliphatic carbocycles. The lowest BCUT2D eigenvalue weighted by atomic mass is 10.1. The zero-order chi connectivity index (χ0) is 18.9. The molecule has 26 heavy (non-hydrogen) atoms. The van der Waals surface area contributed by atoms with E-state index in [0.717, 1.165) is 24.3 Å². The minimum Gasteiger partial charge on any atom is -0.466 e. The fourth-order valence-corrected chi connectivity index (χ4v) is 2.93. The van der Waals surface area contributed by atoms with Gasteiger partial charge in [-0.3, -0.25) is 4.79 Å². The van der Waals surface area contributed by atoms with E-state index in [-0.39, 0.29) is 24.4 Å². The molecule has 0 spiro atoms. The molecule has 1 saturated carbocycles. The van der Waals surface area contributed by atoms with Gasteiger partial charge in [0.05, 0.1) is 5.56 Å².